The van der Waals surface area contributed by atoms with E-state index in [-0.39, 0.29) is 0 Å². The van der Waals surface area contributed by atoms with Crippen molar-refractivity contribution in [1.29, 1.82) is 0 Å². The van der Waals surface area contributed by atoms with Crippen molar-refractivity contribution < 1.29 is 8.42 Å². The summed E-state index contributed by atoms with van der Waals surface area (Å²) in [4.78, 5) is 0.328. The number of hydrogen-bond donors (Lipinski definition) is 1. The molecule has 14 heavy (non-hydrogen) atoms. The summed E-state index contributed by atoms with van der Waals surface area (Å²) in [7, 11) is -3.34. The van der Waals surface area contributed by atoms with Crippen molar-refractivity contribution in [1.82, 2.24) is 4.72 Å². The Labute approximate surface area is 92.7 Å². The van der Waals surface area contributed by atoms with Crippen molar-refractivity contribution in [3.63, 3.8) is 0 Å². The van der Waals surface area contributed by atoms with E-state index >= 15 is 0 Å². The molecule has 0 aromatic heterocycles. The molecule has 0 saturated carbocycles. The number of nitrogens with one attached hydrogen (secondary N) is 1. The van der Waals surface area contributed by atoms with Crippen molar-refractivity contribution in [3.8, 4) is 0 Å². The summed E-state index contributed by atoms with van der Waals surface area (Å²) < 4.78 is 26.6. The first-order valence-electron chi connectivity index (χ1n) is 4.24. The lowest BCUT2D eigenvalue weighted by Gasteiger charge is -2.08. The number of benzene rings is 1. The normalized spacial score (nSPS) is 11.6. The minimum absolute atomic E-state index is 0.328. The third kappa shape index (κ3) is 2.34. The zero-order valence-electron chi connectivity index (χ0n) is 8.04. The third-order valence-electron chi connectivity index (χ3n) is 1.84. The molecule has 0 fully saturated rings. The van der Waals surface area contributed by atoms with E-state index in [1.165, 1.54) is 0 Å². The molecule has 0 spiro atoms. The summed E-state index contributed by atoms with van der Waals surface area (Å²) in [6.07, 6.45) is 0. The van der Waals surface area contributed by atoms with Gasteiger partial charge in [0.15, 0.2) is 0 Å². The first kappa shape index (κ1) is 11.7. The molecular weight excluding hydrogens is 266 g/mol. The lowest BCUT2D eigenvalue weighted by molar-refractivity contribution is 0.583. The van der Waals surface area contributed by atoms with E-state index in [2.05, 4.69) is 20.7 Å². The van der Waals surface area contributed by atoms with Gasteiger partial charge in [-0.3, -0.25) is 0 Å². The van der Waals surface area contributed by atoms with Crippen LogP contribution < -0.4 is 4.72 Å². The van der Waals surface area contributed by atoms with E-state index in [1.54, 1.807) is 26.0 Å². The molecule has 1 rings (SSSR count). The third-order valence-corrected chi connectivity index (χ3v) is 4.39. The van der Waals surface area contributed by atoms with Crippen molar-refractivity contribution >= 4 is 26.0 Å². The Bertz CT molecular complexity index is 428. The molecule has 1 aromatic carbocycles. The molecule has 0 atom stereocenters. The van der Waals surface area contributed by atoms with Gasteiger partial charge in [0.2, 0.25) is 10.0 Å². The number of rotatable bonds is 3. The molecule has 0 aliphatic heterocycles. The number of sulfonamides is 1. The van der Waals surface area contributed by atoms with Gasteiger partial charge in [-0.15, -0.1) is 0 Å². The molecule has 0 saturated heterocycles. The summed E-state index contributed by atoms with van der Waals surface area (Å²) in [6, 6.07) is 5.12. The van der Waals surface area contributed by atoms with Crippen LogP contribution in [0.2, 0.25) is 0 Å². The van der Waals surface area contributed by atoms with Gasteiger partial charge in [-0.1, -0.05) is 28.9 Å². The van der Waals surface area contributed by atoms with Gasteiger partial charge in [-0.2, -0.15) is 0 Å². The Morgan fingerprint density at radius 3 is 2.64 bits per heavy atom. The van der Waals surface area contributed by atoms with Crippen LogP contribution >= 0.6 is 15.9 Å². The fourth-order valence-corrected chi connectivity index (χ4v) is 2.95. The van der Waals surface area contributed by atoms with E-state index in [9.17, 15) is 8.42 Å². The van der Waals surface area contributed by atoms with Crippen molar-refractivity contribution in [2.24, 2.45) is 0 Å². The first-order valence-corrected chi connectivity index (χ1v) is 6.51. The smallest absolute Gasteiger partial charge is 0.211 e. The quantitative estimate of drug-likeness (QED) is 0.919. The predicted molar refractivity (Wildman–Crippen MR) is 59.7 cm³/mol. The van der Waals surface area contributed by atoms with Gasteiger partial charge in [-0.25, -0.2) is 13.1 Å². The van der Waals surface area contributed by atoms with Gasteiger partial charge in [0.1, 0.15) is 0 Å². The molecule has 3 nitrogen and oxygen atoms in total. The average Bonchev–Trinajstić information content (AvgIpc) is 2.09. The van der Waals surface area contributed by atoms with Crippen LogP contribution in [0.5, 0.6) is 0 Å². The molecule has 0 aliphatic rings. The van der Waals surface area contributed by atoms with E-state index in [0.717, 1.165) is 10.0 Å². The van der Waals surface area contributed by atoms with Crippen LogP contribution in [-0.4, -0.2) is 15.0 Å². The summed E-state index contributed by atoms with van der Waals surface area (Å²) in [5.74, 6) is 0. The van der Waals surface area contributed by atoms with Gasteiger partial charge in [0.05, 0.1) is 4.90 Å². The predicted octanol–water partition coefficient (Wildman–Crippen LogP) is 2.06. The minimum Gasteiger partial charge on any atom is -0.211 e. The molecule has 0 radical (unpaired) electrons. The van der Waals surface area contributed by atoms with Crippen LogP contribution in [0.3, 0.4) is 0 Å². The lowest BCUT2D eigenvalue weighted by Crippen LogP contribution is -2.23. The number of halogens is 1. The van der Waals surface area contributed by atoms with Crippen molar-refractivity contribution in [2.75, 3.05) is 6.54 Å². The minimum atomic E-state index is -3.34. The Balaban J connectivity index is 3.27. The van der Waals surface area contributed by atoms with Gasteiger partial charge in [0.25, 0.3) is 0 Å². The molecule has 0 amide bonds. The zero-order chi connectivity index (χ0) is 10.8. The highest BCUT2D eigenvalue weighted by Crippen LogP contribution is 2.22. The highest BCUT2D eigenvalue weighted by Gasteiger charge is 2.16. The van der Waals surface area contributed by atoms with Crippen LogP contribution in [0, 0.1) is 6.92 Å². The highest BCUT2D eigenvalue weighted by molar-refractivity contribution is 9.10. The van der Waals surface area contributed by atoms with Crippen LogP contribution in [0.1, 0.15) is 12.5 Å². The fraction of sp³-hybridized carbons (Fsp3) is 0.333. The maximum Gasteiger partial charge on any atom is 0.240 e. The fourth-order valence-electron chi connectivity index (χ4n) is 1.15. The highest BCUT2D eigenvalue weighted by atomic mass is 79.9. The molecular formula is C9H12BrNO2S. The molecule has 5 heteroatoms. The van der Waals surface area contributed by atoms with Gasteiger partial charge in [-0.05, 0) is 24.6 Å². The molecule has 0 bridgehead atoms. The van der Waals surface area contributed by atoms with E-state index < -0.39 is 10.0 Å². The first-order chi connectivity index (χ1) is 6.49. The average molecular weight is 278 g/mol. The number of hydrogen-bond acceptors (Lipinski definition) is 2. The Kier molecular flexibility index (Phi) is 3.69. The van der Waals surface area contributed by atoms with Crippen molar-refractivity contribution in [2.45, 2.75) is 18.7 Å². The molecule has 1 aromatic rings. The van der Waals surface area contributed by atoms with Crippen LogP contribution in [0.25, 0.3) is 0 Å². The molecule has 0 unspecified atom stereocenters. The molecule has 0 aliphatic carbocycles. The molecule has 1 N–H and O–H groups in total. The Morgan fingerprint density at radius 2 is 2.07 bits per heavy atom. The van der Waals surface area contributed by atoms with Crippen LogP contribution in [0.15, 0.2) is 27.6 Å². The maximum absolute atomic E-state index is 11.7. The lowest BCUT2D eigenvalue weighted by atomic mass is 10.2. The van der Waals surface area contributed by atoms with Crippen LogP contribution in [0.4, 0.5) is 0 Å². The maximum atomic E-state index is 11.7. The summed E-state index contributed by atoms with van der Waals surface area (Å²) in [5.41, 5.74) is 0.730. The van der Waals surface area contributed by atoms with Crippen LogP contribution in [-0.2, 0) is 10.0 Å². The monoisotopic (exact) mass is 277 g/mol. The summed E-state index contributed by atoms with van der Waals surface area (Å²) >= 11 is 3.30. The second-order valence-electron chi connectivity index (χ2n) is 2.86. The Hall–Kier alpha value is -0.390. The standard InChI is InChI=1S/C9H12BrNO2S/c1-3-11-14(12,13)9-6-4-5-8(10)7(9)2/h4-6,11H,3H2,1-2H3. The van der Waals surface area contributed by atoms with E-state index in [4.69, 9.17) is 0 Å². The second-order valence-corrected chi connectivity index (χ2v) is 5.45. The summed E-state index contributed by atoms with van der Waals surface area (Å²) in [6.45, 7) is 3.92. The van der Waals surface area contributed by atoms with Gasteiger partial charge in [0, 0.05) is 11.0 Å². The van der Waals surface area contributed by atoms with E-state index in [0.29, 0.717) is 11.4 Å². The van der Waals surface area contributed by atoms with Gasteiger partial charge < -0.3 is 0 Å². The Morgan fingerprint density at radius 1 is 1.43 bits per heavy atom. The van der Waals surface area contributed by atoms with Crippen molar-refractivity contribution in [3.05, 3.63) is 28.2 Å². The zero-order valence-corrected chi connectivity index (χ0v) is 10.4. The van der Waals surface area contributed by atoms with Gasteiger partial charge >= 0.3 is 0 Å². The van der Waals surface area contributed by atoms with E-state index in [1.807, 2.05) is 6.07 Å². The molecule has 0 heterocycles. The largest absolute Gasteiger partial charge is 0.240 e. The summed E-state index contributed by atoms with van der Waals surface area (Å²) in [5, 5.41) is 0. The SMILES string of the molecule is CCNS(=O)(=O)c1cccc(Br)c1C. The molecule has 78 valence electrons. The topological polar surface area (TPSA) is 46.2 Å². The second kappa shape index (κ2) is 4.42.